The van der Waals surface area contributed by atoms with Crippen LogP contribution < -0.4 is 0 Å². The maximum absolute atomic E-state index is 1.60. The average Bonchev–Trinajstić information content (AvgIpc) is 2.55. The molecule has 3 aliphatic carbocycles. The van der Waals surface area contributed by atoms with Crippen LogP contribution in [0.25, 0.3) is 0 Å². The number of hydrogen-bond donors (Lipinski definition) is 0. The van der Waals surface area contributed by atoms with Crippen molar-refractivity contribution in [3.63, 3.8) is 0 Å². The summed E-state index contributed by atoms with van der Waals surface area (Å²) in [6.07, 6.45) is 12.6. The molecule has 0 amide bonds. The van der Waals surface area contributed by atoms with E-state index in [4.69, 9.17) is 0 Å². The SMILES string of the molecule is C1CC2CCC3CCCC23C1. The van der Waals surface area contributed by atoms with Gasteiger partial charge in [0.2, 0.25) is 0 Å². The molecule has 0 heterocycles. The first kappa shape index (κ1) is 6.51. The summed E-state index contributed by atoms with van der Waals surface area (Å²) >= 11 is 0. The monoisotopic (exact) mass is 150 g/mol. The van der Waals surface area contributed by atoms with Crippen molar-refractivity contribution in [2.24, 2.45) is 17.3 Å². The largest absolute Gasteiger partial charge is 0.0525 e. The second-order valence-electron chi connectivity index (χ2n) is 4.99. The maximum atomic E-state index is 1.60. The van der Waals surface area contributed by atoms with Gasteiger partial charge in [-0.15, -0.1) is 0 Å². The van der Waals surface area contributed by atoms with Gasteiger partial charge in [0.25, 0.3) is 0 Å². The molecule has 0 bridgehead atoms. The van der Waals surface area contributed by atoms with Crippen molar-refractivity contribution in [1.29, 1.82) is 0 Å². The Balaban J connectivity index is 1.97. The Bertz CT molecular complexity index is 151. The van der Waals surface area contributed by atoms with Crippen LogP contribution in [0.4, 0.5) is 0 Å². The van der Waals surface area contributed by atoms with Crippen LogP contribution in [0.2, 0.25) is 0 Å². The fraction of sp³-hybridized carbons (Fsp3) is 1.00. The Hall–Kier alpha value is 0. The Morgan fingerprint density at radius 2 is 1.27 bits per heavy atom. The van der Waals surface area contributed by atoms with Gasteiger partial charge in [0, 0.05) is 0 Å². The van der Waals surface area contributed by atoms with Gasteiger partial charge in [-0.2, -0.15) is 0 Å². The molecule has 0 aromatic heterocycles. The molecule has 0 aromatic carbocycles. The van der Waals surface area contributed by atoms with Gasteiger partial charge in [-0.3, -0.25) is 0 Å². The third kappa shape index (κ3) is 0.666. The first-order chi connectivity index (χ1) is 5.42. The van der Waals surface area contributed by atoms with Crippen molar-refractivity contribution in [3.05, 3.63) is 0 Å². The van der Waals surface area contributed by atoms with E-state index in [9.17, 15) is 0 Å². The zero-order valence-corrected chi connectivity index (χ0v) is 7.31. The predicted molar refractivity (Wildman–Crippen MR) is 46.3 cm³/mol. The minimum absolute atomic E-state index is 0.917. The van der Waals surface area contributed by atoms with Crippen LogP contribution in [0.5, 0.6) is 0 Å². The molecule has 11 heavy (non-hydrogen) atoms. The smallest absolute Gasteiger partial charge is 0.0241 e. The van der Waals surface area contributed by atoms with E-state index in [1.165, 1.54) is 11.8 Å². The van der Waals surface area contributed by atoms with Crippen LogP contribution in [0.1, 0.15) is 51.4 Å². The molecule has 1 spiro atoms. The quantitative estimate of drug-likeness (QED) is 0.496. The lowest BCUT2D eigenvalue weighted by atomic mass is 9.76. The zero-order valence-electron chi connectivity index (χ0n) is 7.31. The lowest BCUT2D eigenvalue weighted by Gasteiger charge is -2.29. The topological polar surface area (TPSA) is 0 Å². The fourth-order valence-electron chi connectivity index (χ4n) is 4.47. The van der Waals surface area contributed by atoms with Crippen LogP contribution in [-0.4, -0.2) is 0 Å². The molecule has 0 heteroatoms. The van der Waals surface area contributed by atoms with E-state index < -0.39 is 0 Å². The highest BCUT2D eigenvalue weighted by Gasteiger charge is 2.53. The highest BCUT2D eigenvalue weighted by molar-refractivity contribution is 5.04. The molecule has 0 N–H and O–H groups in total. The molecular formula is C11H18. The van der Waals surface area contributed by atoms with E-state index in [1.54, 1.807) is 51.4 Å². The molecule has 62 valence electrons. The lowest BCUT2D eigenvalue weighted by molar-refractivity contribution is 0.200. The third-order valence-corrected chi connectivity index (χ3v) is 4.88. The van der Waals surface area contributed by atoms with Crippen molar-refractivity contribution in [2.45, 2.75) is 51.4 Å². The molecule has 2 unspecified atom stereocenters. The van der Waals surface area contributed by atoms with Gasteiger partial charge in [-0.1, -0.05) is 12.8 Å². The highest BCUT2D eigenvalue weighted by atomic mass is 14.6. The molecule has 0 aromatic rings. The maximum Gasteiger partial charge on any atom is -0.0241 e. The molecule has 0 nitrogen and oxygen atoms in total. The Kier molecular flexibility index (Phi) is 1.20. The molecule has 0 saturated heterocycles. The Morgan fingerprint density at radius 1 is 0.727 bits per heavy atom. The normalized spacial score (nSPS) is 54.5. The van der Waals surface area contributed by atoms with Crippen LogP contribution in [0.15, 0.2) is 0 Å². The fourth-order valence-corrected chi connectivity index (χ4v) is 4.47. The van der Waals surface area contributed by atoms with Crippen LogP contribution in [-0.2, 0) is 0 Å². The van der Waals surface area contributed by atoms with E-state index >= 15 is 0 Å². The van der Waals surface area contributed by atoms with E-state index in [-0.39, 0.29) is 0 Å². The minimum atomic E-state index is 0.917. The number of rotatable bonds is 0. The van der Waals surface area contributed by atoms with Crippen molar-refractivity contribution in [1.82, 2.24) is 0 Å². The second kappa shape index (κ2) is 2.02. The summed E-state index contributed by atoms with van der Waals surface area (Å²) in [6, 6.07) is 0. The summed E-state index contributed by atoms with van der Waals surface area (Å²) in [5.41, 5.74) is 0.917. The first-order valence-electron chi connectivity index (χ1n) is 5.42. The molecule has 3 aliphatic rings. The van der Waals surface area contributed by atoms with Gasteiger partial charge in [0.05, 0.1) is 0 Å². The van der Waals surface area contributed by atoms with Gasteiger partial charge < -0.3 is 0 Å². The van der Waals surface area contributed by atoms with Crippen LogP contribution in [0.3, 0.4) is 0 Å². The average molecular weight is 150 g/mol. The molecule has 3 saturated carbocycles. The molecular weight excluding hydrogens is 132 g/mol. The molecule has 3 fully saturated rings. The first-order valence-corrected chi connectivity index (χ1v) is 5.42. The van der Waals surface area contributed by atoms with E-state index in [2.05, 4.69) is 0 Å². The summed E-state index contributed by atoms with van der Waals surface area (Å²) < 4.78 is 0. The van der Waals surface area contributed by atoms with Gasteiger partial charge in [-0.25, -0.2) is 0 Å². The summed E-state index contributed by atoms with van der Waals surface area (Å²) in [4.78, 5) is 0. The summed E-state index contributed by atoms with van der Waals surface area (Å²) in [7, 11) is 0. The van der Waals surface area contributed by atoms with Gasteiger partial charge in [0.1, 0.15) is 0 Å². The number of hydrogen-bond acceptors (Lipinski definition) is 0. The predicted octanol–water partition coefficient (Wildman–Crippen LogP) is 3.37. The molecule has 2 atom stereocenters. The Labute approximate surface area is 69.4 Å². The van der Waals surface area contributed by atoms with Crippen molar-refractivity contribution < 1.29 is 0 Å². The summed E-state index contributed by atoms with van der Waals surface area (Å²) in [6.45, 7) is 0. The standard InChI is InChI=1S/C11H18/c1-3-9-5-6-10-4-2-8-11(9,10)7-1/h9-10H,1-8H2. The summed E-state index contributed by atoms with van der Waals surface area (Å²) in [5.74, 6) is 2.35. The van der Waals surface area contributed by atoms with Gasteiger partial charge >= 0.3 is 0 Å². The van der Waals surface area contributed by atoms with E-state index in [0.29, 0.717) is 0 Å². The van der Waals surface area contributed by atoms with Gasteiger partial charge in [-0.05, 0) is 55.8 Å². The van der Waals surface area contributed by atoms with Crippen molar-refractivity contribution in [3.8, 4) is 0 Å². The van der Waals surface area contributed by atoms with Crippen LogP contribution in [0, 0.1) is 17.3 Å². The Morgan fingerprint density at radius 3 is 1.82 bits per heavy atom. The zero-order chi connectivity index (χ0) is 7.31. The third-order valence-electron chi connectivity index (χ3n) is 4.88. The highest BCUT2D eigenvalue weighted by Crippen LogP contribution is 2.64. The van der Waals surface area contributed by atoms with E-state index in [0.717, 1.165) is 5.41 Å². The lowest BCUT2D eigenvalue weighted by Crippen LogP contribution is -2.21. The van der Waals surface area contributed by atoms with Gasteiger partial charge in [0.15, 0.2) is 0 Å². The van der Waals surface area contributed by atoms with Crippen molar-refractivity contribution in [2.75, 3.05) is 0 Å². The minimum Gasteiger partial charge on any atom is -0.0525 e. The molecule has 0 aliphatic heterocycles. The second-order valence-corrected chi connectivity index (χ2v) is 4.99. The summed E-state index contributed by atoms with van der Waals surface area (Å²) in [5, 5.41) is 0. The van der Waals surface area contributed by atoms with Crippen molar-refractivity contribution >= 4 is 0 Å². The molecule has 0 radical (unpaired) electrons. The molecule has 3 rings (SSSR count). The van der Waals surface area contributed by atoms with Crippen LogP contribution >= 0.6 is 0 Å². The van der Waals surface area contributed by atoms with E-state index in [1.807, 2.05) is 0 Å².